The molecule has 0 bridgehead atoms. The summed E-state index contributed by atoms with van der Waals surface area (Å²) < 4.78 is 5.89. The summed E-state index contributed by atoms with van der Waals surface area (Å²) in [5.74, 6) is 0.675. The largest absolute Gasteiger partial charge is 0.392 e. The van der Waals surface area contributed by atoms with E-state index in [1.807, 2.05) is 0 Å². The van der Waals surface area contributed by atoms with Crippen molar-refractivity contribution in [3.8, 4) is 0 Å². The summed E-state index contributed by atoms with van der Waals surface area (Å²) in [4.78, 5) is 0. The normalized spacial score (nSPS) is 30.7. The van der Waals surface area contributed by atoms with Gasteiger partial charge in [-0.15, -0.1) is 0 Å². The zero-order valence-electron chi connectivity index (χ0n) is 15.1. The Bertz CT molecular complexity index is 438. The maximum atomic E-state index is 9.20. The van der Waals surface area contributed by atoms with Gasteiger partial charge in [-0.2, -0.15) is 0 Å². The zero-order chi connectivity index (χ0) is 16.9. The van der Waals surface area contributed by atoms with E-state index in [1.54, 1.807) is 6.08 Å². The first-order valence-corrected chi connectivity index (χ1v) is 9.13. The van der Waals surface area contributed by atoms with Crippen LogP contribution in [0.25, 0.3) is 0 Å². The van der Waals surface area contributed by atoms with Crippen LogP contribution in [0.4, 0.5) is 0 Å². The van der Waals surface area contributed by atoms with E-state index in [4.69, 9.17) is 9.84 Å². The van der Waals surface area contributed by atoms with Gasteiger partial charge in [0.15, 0.2) is 0 Å². The van der Waals surface area contributed by atoms with Gasteiger partial charge in [0.25, 0.3) is 0 Å². The molecule has 1 aliphatic heterocycles. The number of epoxide rings is 1. The van der Waals surface area contributed by atoms with E-state index < -0.39 is 0 Å². The van der Waals surface area contributed by atoms with Gasteiger partial charge in [0.1, 0.15) is 0 Å². The average molecular weight is 322 g/mol. The lowest BCUT2D eigenvalue weighted by Gasteiger charge is -2.43. The Morgan fingerprint density at radius 3 is 2.52 bits per heavy atom. The fourth-order valence-electron chi connectivity index (χ4n) is 4.35. The molecular weight excluding hydrogens is 288 g/mol. The maximum Gasteiger partial charge on any atom is 0.0949 e. The highest BCUT2D eigenvalue weighted by atomic mass is 16.6. The predicted molar refractivity (Wildman–Crippen MR) is 94.3 cm³/mol. The summed E-state index contributed by atoms with van der Waals surface area (Å²) >= 11 is 0. The SMILES string of the molecule is C/C(=C\CC/C(=C/CO)CO)CC[C@@H]1C(C)(C)CCC[C@]12CO2. The van der Waals surface area contributed by atoms with Crippen LogP contribution in [0, 0.1) is 11.3 Å². The Balaban J connectivity index is 1.82. The Morgan fingerprint density at radius 1 is 1.17 bits per heavy atom. The maximum absolute atomic E-state index is 9.20. The molecule has 1 spiro atoms. The predicted octanol–water partition coefficient (Wildman–Crippen LogP) is 4.00. The van der Waals surface area contributed by atoms with Crippen LogP contribution in [0.5, 0.6) is 0 Å². The monoisotopic (exact) mass is 322 g/mol. The van der Waals surface area contributed by atoms with E-state index in [0.717, 1.165) is 31.4 Å². The first-order chi connectivity index (χ1) is 10.9. The minimum atomic E-state index is 0.0113. The third-order valence-corrected chi connectivity index (χ3v) is 5.88. The van der Waals surface area contributed by atoms with Gasteiger partial charge < -0.3 is 14.9 Å². The van der Waals surface area contributed by atoms with Crippen molar-refractivity contribution in [1.82, 2.24) is 0 Å². The molecule has 2 fully saturated rings. The first kappa shape index (κ1) is 18.7. The van der Waals surface area contributed by atoms with Gasteiger partial charge >= 0.3 is 0 Å². The van der Waals surface area contributed by atoms with Crippen LogP contribution in [0.3, 0.4) is 0 Å². The molecule has 0 unspecified atom stereocenters. The Labute approximate surface area is 141 Å². The van der Waals surface area contributed by atoms with Crippen LogP contribution in [0.2, 0.25) is 0 Å². The van der Waals surface area contributed by atoms with Crippen LogP contribution in [-0.4, -0.2) is 35.6 Å². The van der Waals surface area contributed by atoms with E-state index in [0.29, 0.717) is 11.3 Å². The molecule has 1 saturated carbocycles. The molecule has 0 aromatic rings. The van der Waals surface area contributed by atoms with Crippen molar-refractivity contribution in [2.45, 2.75) is 71.3 Å². The number of aliphatic hydroxyl groups is 2. The van der Waals surface area contributed by atoms with Crippen LogP contribution < -0.4 is 0 Å². The Morgan fingerprint density at radius 2 is 1.91 bits per heavy atom. The highest BCUT2D eigenvalue weighted by molar-refractivity contribution is 5.09. The van der Waals surface area contributed by atoms with E-state index in [9.17, 15) is 5.11 Å². The van der Waals surface area contributed by atoms with Crippen molar-refractivity contribution in [1.29, 1.82) is 0 Å². The highest BCUT2D eigenvalue weighted by Gasteiger charge is 2.57. The van der Waals surface area contributed by atoms with E-state index in [2.05, 4.69) is 26.8 Å². The Hall–Kier alpha value is -0.640. The Kier molecular flexibility index (Phi) is 6.47. The van der Waals surface area contributed by atoms with Gasteiger partial charge in [-0.3, -0.25) is 0 Å². The summed E-state index contributed by atoms with van der Waals surface area (Å²) in [5.41, 5.74) is 2.96. The van der Waals surface area contributed by atoms with Gasteiger partial charge in [-0.1, -0.05) is 31.6 Å². The van der Waals surface area contributed by atoms with Crippen LogP contribution in [0.1, 0.15) is 65.7 Å². The number of rotatable bonds is 8. The molecule has 0 radical (unpaired) electrons. The average Bonchev–Trinajstić information content (AvgIpc) is 3.25. The fraction of sp³-hybridized carbons (Fsp3) is 0.800. The van der Waals surface area contributed by atoms with Gasteiger partial charge in [0, 0.05) is 0 Å². The number of aliphatic hydroxyl groups excluding tert-OH is 2. The molecule has 1 aliphatic carbocycles. The van der Waals surface area contributed by atoms with E-state index >= 15 is 0 Å². The van der Waals surface area contributed by atoms with Gasteiger partial charge in [-0.05, 0) is 68.8 Å². The molecule has 3 nitrogen and oxygen atoms in total. The molecule has 1 heterocycles. The lowest BCUT2D eigenvalue weighted by molar-refractivity contribution is 0.0376. The molecule has 0 aromatic carbocycles. The second-order valence-corrected chi connectivity index (χ2v) is 8.08. The summed E-state index contributed by atoms with van der Waals surface area (Å²) in [6.45, 7) is 8.06. The molecule has 0 aromatic heterocycles. The van der Waals surface area contributed by atoms with Crippen molar-refractivity contribution in [2.24, 2.45) is 11.3 Å². The van der Waals surface area contributed by atoms with Crippen LogP contribution >= 0.6 is 0 Å². The number of hydrogen-bond donors (Lipinski definition) is 2. The lowest BCUT2D eigenvalue weighted by Crippen LogP contribution is -2.41. The zero-order valence-corrected chi connectivity index (χ0v) is 15.1. The molecule has 2 N–H and O–H groups in total. The van der Waals surface area contributed by atoms with Crippen LogP contribution in [0.15, 0.2) is 23.3 Å². The molecule has 3 heteroatoms. The third-order valence-electron chi connectivity index (χ3n) is 5.88. The third kappa shape index (κ3) is 4.91. The van der Waals surface area contributed by atoms with Crippen molar-refractivity contribution in [3.05, 3.63) is 23.3 Å². The van der Waals surface area contributed by atoms with Crippen molar-refractivity contribution in [3.63, 3.8) is 0 Å². The molecule has 132 valence electrons. The summed E-state index contributed by atoms with van der Waals surface area (Å²) in [6.07, 6.45) is 12.0. The standard InChI is InChI=1S/C20H34O3/c1-16(6-4-7-17(14-22)10-13-21)8-9-18-19(2,3)11-5-12-20(18)15-23-20/h6,10,18,21-22H,4-5,7-9,11-15H2,1-3H3/b16-6+,17-10-/t18-,20+/m1/s1. The van der Waals surface area contributed by atoms with Crippen molar-refractivity contribution in [2.75, 3.05) is 19.8 Å². The second kappa shape index (κ2) is 7.96. The minimum absolute atomic E-state index is 0.0113. The molecule has 1 saturated heterocycles. The quantitative estimate of drug-likeness (QED) is 0.524. The molecule has 0 amide bonds. The molecular formula is C20H34O3. The fourth-order valence-corrected chi connectivity index (χ4v) is 4.35. The summed E-state index contributed by atoms with van der Waals surface area (Å²) in [5, 5.41) is 18.1. The summed E-state index contributed by atoms with van der Waals surface area (Å²) in [7, 11) is 0. The highest BCUT2D eigenvalue weighted by Crippen LogP contribution is 2.55. The summed E-state index contributed by atoms with van der Waals surface area (Å²) in [6, 6.07) is 0. The number of ether oxygens (including phenoxy) is 1. The smallest absolute Gasteiger partial charge is 0.0949 e. The van der Waals surface area contributed by atoms with Crippen molar-refractivity contribution < 1.29 is 14.9 Å². The lowest BCUT2D eigenvalue weighted by atomic mass is 9.62. The van der Waals surface area contributed by atoms with Gasteiger partial charge in [0.2, 0.25) is 0 Å². The number of hydrogen-bond acceptors (Lipinski definition) is 3. The second-order valence-electron chi connectivity index (χ2n) is 8.08. The topological polar surface area (TPSA) is 53.0 Å². The van der Waals surface area contributed by atoms with Crippen LogP contribution in [-0.2, 0) is 4.74 Å². The molecule has 2 atom stereocenters. The molecule has 23 heavy (non-hydrogen) atoms. The molecule has 2 aliphatic rings. The minimum Gasteiger partial charge on any atom is -0.392 e. The molecule has 2 rings (SSSR count). The van der Waals surface area contributed by atoms with Gasteiger partial charge in [0.05, 0.1) is 25.4 Å². The van der Waals surface area contributed by atoms with Gasteiger partial charge in [-0.25, -0.2) is 0 Å². The first-order valence-electron chi connectivity index (χ1n) is 9.13. The van der Waals surface area contributed by atoms with E-state index in [-0.39, 0.29) is 18.8 Å². The van der Waals surface area contributed by atoms with Crippen molar-refractivity contribution >= 4 is 0 Å². The van der Waals surface area contributed by atoms with E-state index in [1.165, 1.54) is 31.3 Å². The number of allylic oxidation sites excluding steroid dienone is 2.